The first-order chi connectivity index (χ1) is 18.9. The van der Waals surface area contributed by atoms with E-state index in [2.05, 4.69) is 10.6 Å². The third kappa shape index (κ3) is 8.76. The summed E-state index contributed by atoms with van der Waals surface area (Å²) in [5.41, 5.74) is 2.94. The molecule has 44 heavy (non-hydrogen) atoms. The number of hydrogen-bond donors (Lipinski definition) is 4. The number of nitrogens with zero attached hydrogens (tertiary/aromatic N) is 1. The van der Waals surface area contributed by atoms with Crippen LogP contribution in [0.1, 0.15) is 26.4 Å². The van der Waals surface area contributed by atoms with E-state index in [9.17, 15) is 48.7 Å². The van der Waals surface area contributed by atoms with E-state index in [4.69, 9.17) is 5.73 Å². The Kier molecular flexibility index (Phi) is 13.1. The first kappa shape index (κ1) is 39.9. The van der Waals surface area contributed by atoms with Crippen molar-refractivity contribution in [3.63, 3.8) is 0 Å². The molecule has 0 saturated heterocycles. The average Bonchev–Trinajstić information content (AvgIpc) is 3.20. The van der Waals surface area contributed by atoms with Crippen LogP contribution < -0.4 is 87.9 Å². The van der Waals surface area contributed by atoms with Gasteiger partial charge < -0.3 is 37.9 Å². The van der Waals surface area contributed by atoms with Crippen LogP contribution >= 0.6 is 0 Å². The molecule has 0 saturated carbocycles. The summed E-state index contributed by atoms with van der Waals surface area (Å²) in [6.45, 7) is 0. The maximum Gasteiger partial charge on any atom is 1.00 e. The number of anilines is 3. The average molecular weight is 693 g/mol. The monoisotopic (exact) mass is 692 g/mol. The van der Waals surface area contributed by atoms with Crippen LogP contribution in [-0.2, 0) is 33.5 Å². The number of nitrogen functional groups attached to an aromatic ring is 1. The zero-order valence-corrected chi connectivity index (χ0v) is 29.3. The minimum Gasteiger partial charge on any atom is -1.00 e. The quantitative estimate of drug-likeness (QED) is 0.0864. The van der Waals surface area contributed by atoms with Crippen molar-refractivity contribution >= 4 is 59.9 Å². The molecule has 12 nitrogen and oxygen atoms in total. The Morgan fingerprint density at radius 1 is 0.932 bits per heavy atom. The SMILES string of the molecule is Cn1cc(NC(=O)c2cc(N)cc(C(F)(F)F)c2)cc1C(=O)Nc1ccc2c(S(=O)(=O)O)cccc2c1S(=O)(=O)[O-].[Cl-].[Na+].[Na+]. The van der Waals surface area contributed by atoms with E-state index in [1.54, 1.807) is 0 Å². The van der Waals surface area contributed by atoms with Crippen molar-refractivity contribution in [2.24, 2.45) is 7.05 Å². The van der Waals surface area contributed by atoms with Crippen LogP contribution in [0.4, 0.5) is 30.2 Å². The maximum atomic E-state index is 13.1. The second kappa shape index (κ2) is 14.5. The van der Waals surface area contributed by atoms with Gasteiger partial charge in [-0.1, -0.05) is 18.2 Å². The Morgan fingerprint density at radius 2 is 1.57 bits per heavy atom. The van der Waals surface area contributed by atoms with E-state index in [-0.39, 0.29) is 99.4 Å². The van der Waals surface area contributed by atoms with Gasteiger partial charge in [0.2, 0.25) is 0 Å². The van der Waals surface area contributed by atoms with Gasteiger partial charge >= 0.3 is 65.3 Å². The zero-order chi connectivity index (χ0) is 30.5. The molecule has 0 fully saturated rings. The number of alkyl halides is 3. The number of nitrogens with two attached hydrogens (primary N) is 1. The van der Waals surface area contributed by atoms with Crippen molar-refractivity contribution in [1.82, 2.24) is 4.57 Å². The van der Waals surface area contributed by atoms with Gasteiger partial charge in [0.25, 0.3) is 21.9 Å². The first-order valence-corrected chi connectivity index (χ1v) is 14.0. The molecule has 1 aromatic heterocycles. The Hall–Kier alpha value is -2.16. The second-order valence-corrected chi connectivity index (χ2v) is 11.4. The number of benzene rings is 3. The minimum atomic E-state index is -5.31. The molecule has 4 aromatic rings. The minimum absolute atomic E-state index is 0. The molecule has 5 N–H and O–H groups in total. The van der Waals surface area contributed by atoms with Crippen molar-refractivity contribution < 1.29 is 120 Å². The normalized spacial score (nSPS) is 11.5. The molecule has 0 unspecified atom stereocenters. The number of hydrogen-bond acceptors (Lipinski definition) is 8. The molecule has 4 rings (SSSR count). The number of nitrogens with one attached hydrogen (secondary N) is 2. The number of rotatable bonds is 6. The summed E-state index contributed by atoms with van der Waals surface area (Å²) in [6, 6.07) is 8.66. The molecule has 0 atom stereocenters. The third-order valence-electron chi connectivity index (χ3n) is 5.79. The summed E-state index contributed by atoms with van der Waals surface area (Å²) in [7, 11) is -8.74. The molecule has 0 radical (unpaired) electrons. The van der Waals surface area contributed by atoms with E-state index in [0.717, 1.165) is 42.5 Å². The number of aromatic nitrogens is 1. The fraction of sp³-hybridized carbons (Fsp3) is 0.0833. The summed E-state index contributed by atoms with van der Waals surface area (Å²) in [4.78, 5) is 24.0. The Morgan fingerprint density at radius 3 is 2.14 bits per heavy atom. The molecule has 1 heterocycles. The molecule has 0 aliphatic heterocycles. The van der Waals surface area contributed by atoms with Crippen molar-refractivity contribution in [2.45, 2.75) is 16.0 Å². The summed E-state index contributed by atoms with van der Waals surface area (Å²) < 4.78 is 110. The van der Waals surface area contributed by atoms with Crippen LogP contribution in [0.5, 0.6) is 0 Å². The van der Waals surface area contributed by atoms with Crippen LogP contribution in [0.15, 0.2) is 70.6 Å². The molecule has 0 aliphatic carbocycles. The fourth-order valence-corrected chi connectivity index (χ4v) is 5.63. The summed E-state index contributed by atoms with van der Waals surface area (Å²) in [6.07, 6.45) is -3.51. The summed E-state index contributed by atoms with van der Waals surface area (Å²) in [5.74, 6) is -1.93. The van der Waals surface area contributed by atoms with Crippen molar-refractivity contribution in [3.8, 4) is 0 Å². The number of carbonyl (C=O) groups excluding carboxylic acids is 2. The molecular weight excluding hydrogens is 675 g/mol. The van der Waals surface area contributed by atoms with Crippen molar-refractivity contribution in [1.29, 1.82) is 0 Å². The smallest absolute Gasteiger partial charge is 1.00 e. The summed E-state index contributed by atoms with van der Waals surface area (Å²) >= 11 is 0. The third-order valence-corrected chi connectivity index (χ3v) is 7.64. The topological polar surface area (TPSA) is 201 Å². The van der Waals surface area contributed by atoms with Gasteiger partial charge in [-0.15, -0.1) is 0 Å². The fourth-order valence-electron chi connectivity index (χ4n) is 4.09. The Labute approximate surface area is 299 Å². The standard InChI is InChI=1S/C24H19F3N4O8S2.ClH.2Na/c1-31-11-15(29-22(32)12-7-13(24(25,26)27)9-14(28)8-12)10-19(31)23(33)30-18-6-5-16-17(21(18)41(37,38)39)3-2-4-20(16)40(34,35)36;;;/h2-11H,28H2,1H3,(H,29,32)(H,30,33)(H,34,35,36)(H,37,38,39);1H;;/q;;2*+1/p-2. The molecule has 2 amide bonds. The van der Waals surface area contributed by atoms with Gasteiger partial charge in [-0.2, -0.15) is 21.6 Å². The van der Waals surface area contributed by atoms with Crippen LogP contribution in [0.25, 0.3) is 10.8 Å². The molecular formula is C24H18ClF3N4Na2O8S2. The first-order valence-electron chi connectivity index (χ1n) is 11.1. The van der Waals surface area contributed by atoms with E-state index in [1.165, 1.54) is 17.8 Å². The van der Waals surface area contributed by atoms with Gasteiger partial charge in [0.1, 0.15) is 20.7 Å². The number of carbonyl (C=O) groups is 2. The van der Waals surface area contributed by atoms with Crippen molar-refractivity contribution in [2.75, 3.05) is 16.4 Å². The molecule has 224 valence electrons. The number of fused-ring (bicyclic) bond motifs is 1. The van der Waals surface area contributed by atoms with E-state index in [0.29, 0.717) is 12.1 Å². The molecule has 20 heteroatoms. The number of amides is 2. The molecule has 0 aliphatic rings. The predicted molar refractivity (Wildman–Crippen MR) is 139 cm³/mol. The summed E-state index contributed by atoms with van der Waals surface area (Å²) in [5, 5.41) is 3.91. The number of halogens is 4. The van der Waals surface area contributed by atoms with E-state index in [1.807, 2.05) is 0 Å². The van der Waals surface area contributed by atoms with Crippen LogP contribution in [0, 0.1) is 0 Å². The largest absolute Gasteiger partial charge is 1.00 e. The maximum absolute atomic E-state index is 13.1. The van der Waals surface area contributed by atoms with Crippen LogP contribution in [-0.4, -0.2) is 42.3 Å². The van der Waals surface area contributed by atoms with Gasteiger partial charge in [-0.05, 0) is 36.4 Å². The predicted octanol–water partition coefficient (Wildman–Crippen LogP) is -5.55. The van der Waals surface area contributed by atoms with Gasteiger partial charge in [0.05, 0.1) is 21.8 Å². The van der Waals surface area contributed by atoms with Crippen LogP contribution in [0.3, 0.4) is 0 Å². The van der Waals surface area contributed by atoms with E-state index < -0.39 is 64.8 Å². The van der Waals surface area contributed by atoms with E-state index >= 15 is 0 Å². The molecule has 3 aromatic carbocycles. The van der Waals surface area contributed by atoms with Gasteiger partial charge in [-0.3, -0.25) is 14.1 Å². The van der Waals surface area contributed by atoms with Gasteiger partial charge in [0.15, 0.2) is 0 Å². The second-order valence-electron chi connectivity index (χ2n) is 8.70. The zero-order valence-electron chi connectivity index (χ0n) is 22.9. The molecule has 0 bridgehead atoms. The Bertz CT molecular complexity index is 1970. The van der Waals surface area contributed by atoms with Crippen LogP contribution in [0.2, 0.25) is 0 Å². The number of aryl methyl sites for hydroxylation is 1. The van der Waals surface area contributed by atoms with Gasteiger partial charge in [-0.25, -0.2) is 8.42 Å². The Balaban J connectivity index is 0.00000323. The van der Waals surface area contributed by atoms with Crippen molar-refractivity contribution in [3.05, 3.63) is 77.6 Å². The van der Waals surface area contributed by atoms with Gasteiger partial charge in [0, 0.05) is 35.3 Å². The molecule has 0 spiro atoms.